The van der Waals surface area contributed by atoms with Gasteiger partial charge in [0.25, 0.3) is 11.8 Å². The molecule has 0 aliphatic carbocycles. The number of nitrogens with zero attached hydrogens (tertiary/aromatic N) is 2. The Kier molecular flexibility index (Phi) is 5.29. The first-order valence-corrected chi connectivity index (χ1v) is 9.68. The lowest BCUT2D eigenvalue weighted by Gasteiger charge is -2.34. The van der Waals surface area contributed by atoms with Gasteiger partial charge in [-0.05, 0) is 43.7 Å². The van der Waals surface area contributed by atoms with Crippen LogP contribution in [-0.2, 0) is 4.79 Å². The number of hydrogen-bond donors (Lipinski definition) is 0. The van der Waals surface area contributed by atoms with Gasteiger partial charge in [0.15, 0.2) is 18.1 Å². The van der Waals surface area contributed by atoms with E-state index in [1.807, 2.05) is 32.0 Å². The fourth-order valence-corrected chi connectivity index (χ4v) is 3.56. The Balaban J connectivity index is 1.29. The summed E-state index contributed by atoms with van der Waals surface area (Å²) >= 11 is 0. The number of benzene rings is 2. The summed E-state index contributed by atoms with van der Waals surface area (Å²) in [5.41, 5.74) is 2.73. The van der Waals surface area contributed by atoms with Crippen LogP contribution in [0.25, 0.3) is 0 Å². The third kappa shape index (κ3) is 4.13. The van der Waals surface area contributed by atoms with Crippen LogP contribution in [0.2, 0.25) is 0 Å². The minimum atomic E-state index is -0.0693. The van der Waals surface area contributed by atoms with Crippen LogP contribution in [0.1, 0.15) is 21.5 Å². The molecule has 1 fully saturated rings. The monoisotopic (exact) mass is 396 g/mol. The molecule has 1 saturated heterocycles. The highest BCUT2D eigenvalue weighted by Crippen LogP contribution is 2.32. The second-order valence-electron chi connectivity index (χ2n) is 7.30. The van der Waals surface area contributed by atoms with E-state index in [9.17, 15) is 9.59 Å². The van der Waals surface area contributed by atoms with E-state index in [4.69, 9.17) is 14.2 Å². The van der Waals surface area contributed by atoms with Crippen LogP contribution in [0.15, 0.2) is 36.4 Å². The lowest BCUT2D eigenvalue weighted by Crippen LogP contribution is -2.51. The number of fused-ring (bicyclic) bond motifs is 1. The summed E-state index contributed by atoms with van der Waals surface area (Å²) < 4.78 is 16.3. The van der Waals surface area contributed by atoms with Gasteiger partial charge < -0.3 is 24.0 Å². The third-order valence-electron chi connectivity index (χ3n) is 5.22. The molecule has 2 aliphatic heterocycles. The molecule has 4 rings (SSSR count). The van der Waals surface area contributed by atoms with E-state index in [0.717, 1.165) is 16.9 Å². The minimum absolute atomic E-state index is 0.00000828. The SMILES string of the molecule is Cc1ccc(OCC(=O)N2CCN(C(=O)c3ccc4c(c3)OCO4)CC2)c(C)c1. The maximum atomic E-state index is 12.8. The number of carbonyl (C=O) groups is 2. The molecule has 0 aromatic heterocycles. The van der Waals surface area contributed by atoms with Crippen LogP contribution < -0.4 is 14.2 Å². The summed E-state index contributed by atoms with van der Waals surface area (Å²) in [6.45, 7) is 6.12. The van der Waals surface area contributed by atoms with Crippen molar-refractivity contribution in [3.63, 3.8) is 0 Å². The van der Waals surface area contributed by atoms with Crippen LogP contribution in [0, 0.1) is 13.8 Å². The van der Waals surface area contributed by atoms with E-state index >= 15 is 0 Å². The molecule has 152 valence electrons. The lowest BCUT2D eigenvalue weighted by atomic mass is 10.1. The van der Waals surface area contributed by atoms with Crippen molar-refractivity contribution in [2.24, 2.45) is 0 Å². The van der Waals surface area contributed by atoms with E-state index in [-0.39, 0.29) is 25.2 Å². The first kappa shape index (κ1) is 19.1. The summed E-state index contributed by atoms with van der Waals surface area (Å²) in [6, 6.07) is 11.1. The van der Waals surface area contributed by atoms with Crippen molar-refractivity contribution in [3.8, 4) is 17.2 Å². The molecular formula is C22H24N2O5. The minimum Gasteiger partial charge on any atom is -0.484 e. The van der Waals surface area contributed by atoms with Crippen LogP contribution in [0.3, 0.4) is 0 Å². The lowest BCUT2D eigenvalue weighted by molar-refractivity contribution is -0.134. The second-order valence-corrected chi connectivity index (χ2v) is 7.30. The zero-order valence-electron chi connectivity index (χ0n) is 16.6. The predicted molar refractivity (Wildman–Crippen MR) is 106 cm³/mol. The van der Waals surface area contributed by atoms with Gasteiger partial charge in [0.1, 0.15) is 5.75 Å². The van der Waals surface area contributed by atoms with Gasteiger partial charge in [-0.3, -0.25) is 9.59 Å². The molecule has 2 aliphatic rings. The van der Waals surface area contributed by atoms with Gasteiger partial charge in [0, 0.05) is 31.7 Å². The van der Waals surface area contributed by atoms with Crippen molar-refractivity contribution < 1.29 is 23.8 Å². The Bertz CT molecular complexity index is 935. The Morgan fingerprint density at radius 1 is 0.931 bits per heavy atom. The molecule has 7 nitrogen and oxygen atoms in total. The van der Waals surface area contributed by atoms with E-state index in [1.54, 1.807) is 28.0 Å². The molecule has 0 saturated carbocycles. The van der Waals surface area contributed by atoms with Crippen LogP contribution in [0.5, 0.6) is 17.2 Å². The Morgan fingerprint density at radius 2 is 1.66 bits per heavy atom. The van der Waals surface area contributed by atoms with Crippen LogP contribution in [-0.4, -0.2) is 61.2 Å². The van der Waals surface area contributed by atoms with Gasteiger partial charge in [0.2, 0.25) is 6.79 Å². The normalized spacial score (nSPS) is 15.4. The summed E-state index contributed by atoms with van der Waals surface area (Å²) in [7, 11) is 0. The highest BCUT2D eigenvalue weighted by molar-refractivity contribution is 5.95. The summed E-state index contributed by atoms with van der Waals surface area (Å²) in [5, 5.41) is 0. The molecule has 2 aromatic rings. The second kappa shape index (κ2) is 8.03. The van der Waals surface area contributed by atoms with Crippen LogP contribution >= 0.6 is 0 Å². The third-order valence-corrected chi connectivity index (χ3v) is 5.22. The van der Waals surface area contributed by atoms with Gasteiger partial charge in [-0.1, -0.05) is 17.7 Å². The Morgan fingerprint density at radius 3 is 2.41 bits per heavy atom. The number of hydrogen-bond acceptors (Lipinski definition) is 5. The van der Waals surface area contributed by atoms with E-state index in [2.05, 4.69) is 0 Å². The number of ether oxygens (including phenoxy) is 3. The molecule has 7 heteroatoms. The molecule has 0 atom stereocenters. The number of carbonyl (C=O) groups excluding carboxylic acids is 2. The van der Waals surface area contributed by atoms with Gasteiger partial charge in [0.05, 0.1) is 0 Å². The zero-order valence-corrected chi connectivity index (χ0v) is 16.6. The number of rotatable bonds is 4. The van der Waals surface area contributed by atoms with Gasteiger partial charge in [-0.2, -0.15) is 0 Å². The molecule has 0 radical (unpaired) electrons. The maximum Gasteiger partial charge on any atom is 0.260 e. The van der Waals surface area contributed by atoms with Crippen molar-refractivity contribution >= 4 is 11.8 Å². The fourth-order valence-electron chi connectivity index (χ4n) is 3.56. The summed E-state index contributed by atoms with van der Waals surface area (Å²) in [4.78, 5) is 28.7. The van der Waals surface area contributed by atoms with E-state index in [0.29, 0.717) is 43.2 Å². The molecule has 2 aromatic carbocycles. The number of amides is 2. The Hall–Kier alpha value is -3.22. The molecule has 0 spiro atoms. The highest BCUT2D eigenvalue weighted by Gasteiger charge is 2.26. The van der Waals surface area contributed by atoms with Crippen molar-refractivity contribution in [1.29, 1.82) is 0 Å². The predicted octanol–water partition coefficient (Wildman–Crippen LogP) is 2.40. The topological polar surface area (TPSA) is 68.3 Å². The largest absolute Gasteiger partial charge is 0.484 e. The van der Waals surface area contributed by atoms with Gasteiger partial charge in [-0.25, -0.2) is 0 Å². The van der Waals surface area contributed by atoms with Crippen molar-refractivity contribution in [2.75, 3.05) is 39.6 Å². The van der Waals surface area contributed by atoms with Crippen LogP contribution in [0.4, 0.5) is 0 Å². The maximum absolute atomic E-state index is 12.8. The molecule has 2 heterocycles. The summed E-state index contributed by atoms with van der Waals surface area (Å²) in [5.74, 6) is 1.83. The number of piperazine rings is 1. The fraction of sp³-hybridized carbons (Fsp3) is 0.364. The zero-order chi connectivity index (χ0) is 20.4. The van der Waals surface area contributed by atoms with Gasteiger partial charge >= 0.3 is 0 Å². The molecular weight excluding hydrogens is 372 g/mol. The Labute approximate surface area is 169 Å². The first-order valence-electron chi connectivity index (χ1n) is 9.68. The molecule has 29 heavy (non-hydrogen) atoms. The summed E-state index contributed by atoms with van der Waals surface area (Å²) in [6.07, 6.45) is 0. The quantitative estimate of drug-likeness (QED) is 0.794. The van der Waals surface area contributed by atoms with E-state index < -0.39 is 0 Å². The van der Waals surface area contributed by atoms with Crippen molar-refractivity contribution in [1.82, 2.24) is 9.80 Å². The first-order chi connectivity index (χ1) is 14.0. The van der Waals surface area contributed by atoms with Crippen molar-refractivity contribution in [3.05, 3.63) is 53.1 Å². The molecule has 0 unspecified atom stereocenters. The number of aryl methyl sites for hydroxylation is 2. The average Bonchev–Trinajstić information content (AvgIpc) is 3.20. The van der Waals surface area contributed by atoms with Gasteiger partial charge in [-0.15, -0.1) is 0 Å². The standard InChI is InChI=1S/C22H24N2O5/c1-15-3-5-18(16(2)11-15)27-13-21(25)23-7-9-24(10-8-23)22(26)17-4-6-19-20(12-17)29-14-28-19/h3-6,11-12H,7-10,13-14H2,1-2H3. The smallest absolute Gasteiger partial charge is 0.260 e. The molecule has 2 amide bonds. The highest BCUT2D eigenvalue weighted by atomic mass is 16.7. The average molecular weight is 396 g/mol. The molecule has 0 N–H and O–H groups in total. The molecule has 0 bridgehead atoms. The van der Waals surface area contributed by atoms with Crippen molar-refractivity contribution in [2.45, 2.75) is 13.8 Å². The van der Waals surface area contributed by atoms with E-state index in [1.165, 1.54) is 0 Å².